The summed E-state index contributed by atoms with van der Waals surface area (Å²) in [7, 11) is 0. The molecule has 1 amide bonds. The minimum Gasteiger partial charge on any atom is -0.392 e. The minimum atomic E-state index is -0.378. The first kappa shape index (κ1) is 20.8. The second-order valence-electron chi connectivity index (χ2n) is 8.06. The zero-order valence-electron chi connectivity index (χ0n) is 16.8. The van der Waals surface area contributed by atoms with Gasteiger partial charge in [0, 0.05) is 44.7 Å². The smallest absolute Gasteiger partial charge is 0.224 e. The number of benzene rings is 1. The van der Waals surface area contributed by atoms with Crippen molar-refractivity contribution in [1.82, 2.24) is 9.80 Å². The first-order chi connectivity index (χ1) is 13.6. The Morgan fingerprint density at radius 3 is 3.04 bits per heavy atom. The SMILES string of the molecule is CCOCCC(=O)N1CCC[C@@]2(CN(Cc3cccc(C#N)c3)CC[C@H]2O)C1. The second-order valence-corrected chi connectivity index (χ2v) is 8.06. The molecule has 28 heavy (non-hydrogen) atoms. The van der Waals surface area contributed by atoms with Gasteiger partial charge in [-0.25, -0.2) is 0 Å². The van der Waals surface area contributed by atoms with Gasteiger partial charge in [-0.05, 0) is 43.9 Å². The molecule has 3 rings (SSSR count). The van der Waals surface area contributed by atoms with Crippen LogP contribution in [0, 0.1) is 16.7 Å². The molecular weight excluding hydrogens is 354 g/mol. The number of rotatable bonds is 6. The summed E-state index contributed by atoms with van der Waals surface area (Å²) in [6.07, 6.45) is 2.62. The van der Waals surface area contributed by atoms with Gasteiger partial charge in [-0.15, -0.1) is 0 Å². The van der Waals surface area contributed by atoms with Crippen molar-refractivity contribution in [1.29, 1.82) is 5.26 Å². The molecule has 0 radical (unpaired) electrons. The molecule has 2 heterocycles. The van der Waals surface area contributed by atoms with Crippen LogP contribution >= 0.6 is 0 Å². The third-order valence-electron chi connectivity index (χ3n) is 6.05. The summed E-state index contributed by atoms with van der Waals surface area (Å²) in [4.78, 5) is 16.8. The molecule has 1 N–H and O–H groups in total. The predicted molar refractivity (Wildman–Crippen MR) is 106 cm³/mol. The summed E-state index contributed by atoms with van der Waals surface area (Å²) in [5, 5.41) is 19.9. The maximum Gasteiger partial charge on any atom is 0.224 e. The molecule has 1 aromatic carbocycles. The summed E-state index contributed by atoms with van der Waals surface area (Å²) >= 11 is 0. The standard InChI is InChI=1S/C22H31N3O3/c1-2-28-12-8-21(27)25-10-4-9-22(17-25)16-24(11-7-20(22)26)15-19-6-3-5-18(13-19)14-23/h3,5-6,13,20,26H,2,4,7-12,15-17H2,1H3/t20-,22-/m1/s1. The van der Waals surface area contributed by atoms with Crippen molar-refractivity contribution in [2.75, 3.05) is 39.4 Å². The van der Waals surface area contributed by atoms with Crippen LogP contribution in [0.3, 0.4) is 0 Å². The van der Waals surface area contributed by atoms with Crippen LogP contribution in [0.4, 0.5) is 0 Å². The molecule has 0 unspecified atom stereocenters. The number of piperidine rings is 2. The van der Waals surface area contributed by atoms with Gasteiger partial charge < -0.3 is 14.7 Å². The third-order valence-corrected chi connectivity index (χ3v) is 6.05. The topological polar surface area (TPSA) is 76.8 Å². The molecule has 6 nitrogen and oxygen atoms in total. The fourth-order valence-corrected chi connectivity index (χ4v) is 4.61. The molecule has 2 aliphatic heterocycles. The van der Waals surface area contributed by atoms with Crippen LogP contribution in [0.2, 0.25) is 0 Å². The zero-order chi connectivity index (χ0) is 20.0. The lowest BCUT2D eigenvalue weighted by Crippen LogP contribution is -2.59. The highest BCUT2D eigenvalue weighted by molar-refractivity contribution is 5.76. The summed E-state index contributed by atoms with van der Waals surface area (Å²) < 4.78 is 5.33. The number of hydrogen-bond donors (Lipinski definition) is 1. The number of carbonyl (C=O) groups excluding carboxylic acids is 1. The van der Waals surface area contributed by atoms with Crippen molar-refractivity contribution < 1.29 is 14.6 Å². The third kappa shape index (κ3) is 4.91. The minimum absolute atomic E-state index is 0.124. The molecule has 0 bridgehead atoms. The fraction of sp³-hybridized carbons (Fsp3) is 0.636. The lowest BCUT2D eigenvalue weighted by Gasteiger charge is -2.51. The average Bonchev–Trinajstić information content (AvgIpc) is 2.71. The van der Waals surface area contributed by atoms with Gasteiger partial charge in [0.05, 0.1) is 30.8 Å². The molecule has 6 heteroatoms. The van der Waals surface area contributed by atoms with Crippen LogP contribution < -0.4 is 0 Å². The average molecular weight is 386 g/mol. The normalized spacial score (nSPS) is 25.6. The molecule has 2 saturated heterocycles. The van der Waals surface area contributed by atoms with Crippen molar-refractivity contribution in [3.63, 3.8) is 0 Å². The molecule has 0 aliphatic carbocycles. The van der Waals surface area contributed by atoms with Crippen LogP contribution in [-0.4, -0.2) is 66.3 Å². The van der Waals surface area contributed by atoms with Crippen molar-refractivity contribution in [2.24, 2.45) is 5.41 Å². The van der Waals surface area contributed by atoms with Gasteiger partial charge in [-0.3, -0.25) is 9.69 Å². The summed E-state index contributed by atoms with van der Waals surface area (Å²) in [5.41, 5.74) is 1.53. The number of nitrogens with zero attached hydrogens (tertiary/aromatic N) is 3. The first-order valence-corrected chi connectivity index (χ1v) is 10.3. The van der Waals surface area contributed by atoms with Gasteiger partial charge >= 0.3 is 0 Å². The maximum absolute atomic E-state index is 12.6. The molecule has 0 aromatic heterocycles. The van der Waals surface area contributed by atoms with Crippen LogP contribution in [0.5, 0.6) is 0 Å². The quantitative estimate of drug-likeness (QED) is 0.760. The van der Waals surface area contributed by atoms with E-state index in [-0.39, 0.29) is 17.4 Å². The van der Waals surface area contributed by atoms with Crippen LogP contribution in [-0.2, 0) is 16.1 Å². The molecule has 1 aromatic rings. The van der Waals surface area contributed by atoms with Crippen molar-refractivity contribution in [2.45, 2.75) is 45.3 Å². The van der Waals surface area contributed by atoms with E-state index in [0.29, 0.717) is 31.7 Å². The van der Waals surface area contributed by atoms with Crippen LogP contribution in [0.25, 0.3) is 0 Å². The number of aliphatic hydroxyl groups excluding tert-OH is 1. The molecular formula is C22H31N3O3. The monoisotopic (exact) mass is 385 g/mol. The largest absolute Gasteiger partial charge is 0.392 e. The molecule has 2 aliphatic rings. The Kier molecular flexibility index (Phi) is 7.06. The maximum atomic E-state index is 12.6. The van der Waals surface area contributed by atoms with Gasteiger partial charge in [-0.1, -0.05) is 12.1 Å². The second kappa shape index (κ2) is 9.51. The van der Waals surface area contributed by atoms with Gasteiger partial charge in [0.1, 0.15) is 0 Å². The first-order valence-electron chi connectivity index (χ1n) is 10.3. The highest BCUT2D eigenvalue weighted by Gasteiger charge is 2.46. The van der Waals surface area contributed by atoms with Gasteiger partial charge in [-0.2, -0.15) is 5.26 Å². The Hall–Kier alpha value is -1.94. The highest BCUT2D eigenvalue weighted by atomic mass is 16.5. The lowest BCUT2D eigenvalue weighted by molar-refractivity contribution is -0.142. The number of amides is 1. The van der Waals surface area contributed by atoms with E-state index in [4.69, 9.17) is 10.00 Å². The molecule has 1 spiro atoms. The summed E-state index contributed by atoms with van der Waals surface area (Å²) in [6, 6.07) is 9.91. The Labute approximate surface area is 167 Å². The number of carbonyl (C=O) groups is 1. The van der Waals surface area contributed by atoms with E-state index in [2.05, 4.69) is 11.0 Å². The van der Waals surface area contributed by atoms with E-state index in [1.807, 2.05) is 36.1 Å². The summed E-state index contributed by atoms with van der Waals surface area (Å²) in [6.45, 7) is 6.78. The van der Waals surface area contributed by atoms with Gasteiger partial charge in [0.25, 0.3) is 0 Å². The Morgan fingerprint density at radius 2 is 2.25 bits per heavy atom. The Morgan fingerprint density at radius 1 is 1.39 bits per heavy atom. The highest BCUT2D eigenvalue weighted by Crippen LogP contribution is 2.39. The van der Waals surface area contributed by atoms with Gasteiger partial charge in [0.2, 0.25) is 5.91 Å². The van der Waals surface area contributed by atoms with Crippen molar-refractivity contribution in [3.8, 4) is 6.07 Å². The van der Waals surface area contributed by atoms with E-state index < -0.39 is 0 Å². The van der Waals surface area contributed by atoms with Crippen molar-refractivity contribution in [3.05, 3.63) is 35.4 Å². The van der Waals surface area contributed by atoms with E-state index in [1.54, 1.807) is 0 Å². The number of aliphatic hydroxyl groups is 1. The number of ether oxygens (including phenoxy) is 1. The fourth-order valence-electron chi connectivity index (χ4n) is 4.61. The molecule has 2 atom stereocenters. The predicted octanol–water partition coefficient (Wildman–Crippen LogP) is 2.16. The number of hydrogen-bond acceptors (Lipinski definition) is 5. The van der Waals surface area contributed by atoms with Crippen LogP contribution in [0.15, 0.2) is 24.3 Å². The zero-order valence-corrected chi connectivity index (χ0v) is 16.8. The lowest BCUT2D eigenvalue weighted by atomic mass is 9.71. The van der Waals surface area contributed by atoms with E-state index in [1.165, 1.54) is 0 Å². The van der Waals surface area contributed by atoms with E-state index in [0.717, 1.165) is 51.0 Å². The van der Waals surface area contributed by atoms with E-state index in [9.17, 15) is 9.90 Å². The van der Waals surface area contributed by atoms with Crippen molar-refractivity contribution >= 4 is 5.91 Å². The number of likely N-dealkylation sites (tertiary alicyclic amines) is 2. The summed E-state index contributed by atoms with van der Waals surface area (Å²) in [5.74, 6) is 0.124. The van der Waals surface area contributed by atoms with Crippen LogP contribution in [0.1, 0.15) is 43.7 Å². The van der Waals surface area contributed by atoms with E-state index >= 15 is 0 Å². The molecule has 0 saturated carbocycles. The number of nitriles is 1. The Balaban J connectivity index is 1.65. The Bertz CT molecular complexity index is 717. The van der Waals surface area contributed by atoms with Gasteiger partial charge in [0.15, 0.2) is 0 Å². The molecule has 152 valence electrons. The molecule has 2 fully saturated rings.